The van der Waals surface area contributed by atoms with Crippen molar-refractivity contribution in [3.63, 3.8) is 0 Å². The number of alkyl halides is 3. The zero-order valence-corrected chi connectivity index (χ0v) is 14.0. The molecule has 3 aromatic rings. The summed E-state index contributed by atoms with van der Waals surface area (Å²) < 4.78 is 39.9. The van der Waals surface area contributed by atoms with Crippen molar-refractivity contribution < 1.29 is 18.0 Å². The van der Waals surface area contributed by atoms with Crippen LogP contribution in [0.1, 0.15) is 21.7 Å². The fourth-order valence-electron chi connectivity index (χ4n) is 3.02. The van der Waals surface area contributed by atoms with Gasteiger partial charge in [0.25, 0.3) is 5.91 Å². The monoisotopic (exact) mass is 373 g/mol. The molecule has 0 aliphatic carbocycles. The first-order chi connectivity index (χ1) is 12.9. The Balaban J connectivity index is 1.53. The number of pyridine rings is 1. The van der Waals surface area contributed by atoms with E-state index in [9.17, 15) is 18.0 Å². The second-order valence-electron chi connectivity index (χ2n) is 6.13. The summed E-state index contributed by atoms with van der Waals surface area (Å²) in [7, 11) is 0. The quantitative estimate of drug-likeness (QED) is 0.693. The summed E-state index contributed by atoms with van der Waals surface area (Å²) in [6.07, 6.45) is -1.07. The van der Waals surface area contributed by atoms with Crippen LogP contribution in [0.2, 0.25) is 0 Å². The highest BCUT2D eigenvalue weighted by atomic mass is 19.4. The minimum absolute atomic E-state index is 0.212. The van der Waals surface area contributed by atoms with Gasteiger partial charge in [-0.2, -0.15) is 13.2 Å². The average Bonchev–Trinajstić information content (AvgIpc) is 3.11. The topological polar surface area (TPSA) is 63.9 Å². The van der Waals surface area contributed by atoms with Gasteiger partial charge in [0.1, 0.15) is 0 Å². The molecule has 1 aliphatic rings. The lowest BCUT2D eigenvalue weighted by molar-refractivity contribution is -0.137. The van der Waals surface area contributed by atoms with E-state index < -0.39 is 11.7 Å². The molecule has 0 saturated heterocycles. The van der Waals surface area contributed by atoms with E-state index in [-0.39, 0.29) is 18.0 Å². The number of hydrogen-bond acceptors (Lipinski definition) is 4. The zero-order chi connectivity index (χ0) is 19.0. The first-order valence-corrected chi connectivity index (χ1v) is 8.22. The van der Waals surface area contributed by atoms with E-state index >= 15 is 0 Å². The normalized spacial score (nSPS) is 14.1. The van der Waals surface area contributed by atoms with E-state index in [2.05, 4.69) is 15.2 Å². The first kappa shape index (κ1) is 17.2. The Labute approximate surface area is 152 Å². The van der Waals surface area contributed by atoms with Crippen LogP contribution in [-0.2, 0) is 19.3 Å². The molecule has 0 saturated carbocycles. The van der Waals surface area contributed by atoms with Crippen molar-refractivity contribution in [3.8, 4) is 11.4 Å². The molecule has 138 valence electrons. The second kappa shape index (κ2) is 6.49. The molecule has 0 radical (unpaired) electrons. The van der Waals surface area contributed by atoms with E-state index in [1.807, 2.05) is 10.6 Å². The maximum Gasteiger partial charge on any atom is 0.416 e. The predicted octanol–water partition coefficient (Wildman–Crippen LogP) is 3.01. The van der Waals surface area contributed by atoms with Crippen LogP contribution in [0.5, 0.6) is 0 Å². The molecule has 2 aromatic heterocycles. The third-order valence-corrected chi connectivity index (χ3v) is 4.42. The zero-order valence-electron chi connectivity index (χ0n) is 14.0. The first-order valence-electron chi connectivity index (χ1n) is 8.22. The van der Waals surface area contributed by atoms with Gasteiger partial charge < -0.3 is 9.47 Å². The summed E-state index contributed by atoms with van der Waals surface area (Å²) in [6, 6.07) is 7.92. The van der Waals surface area contributed by atoms with Crippen molar-refractivity contribution in [1.29, 1.82) is 0 Å². The summed E-state index contributed by atoms with van der Waals surface area (Å²) in [5.74, 6) is 0.973. The molecule has 0 N–H and O–H groups in total. The molecule has 4 rings (SSSR count). The highest BCUT2D eigenvalue weighted by Gasteiger charge is 2.31. The maximum absolute atomic E-state index is 12.7. The third kappa shape index (κ3) is 3.27. The van der Waals surface area contributed by atoms with Crippen molar-refractivity contribution in [3.05, 3.63) is 65.7 Å². The Hall–Kier alpha value is -3.23. The number of halogens is 3. The van der Waals surface area contributed by atoms with Crippen LogP contribution < -0.4 is 0 Å². The van der Waals surface area contributed by atoms with Gasteiger partial charge in [0.15, 0.2) is 11.6 Å². The highest BCUT2D eigenvalue weighted by Crippen LogP contribution is 2.29. The molecule has 1 amide bonds. The number of benzene rings is 1. The maximum atomic E-state index is 12.7. The molecule has 1 aromatic carbocycles. The Morgan fingerprint density at radius 3 is 2.48 bits per heavy atom. The number of amides is 1. The van der Waals surface area contributed by atoms with Gasteiger partial charge >= 0.3 is 6.18 Å². The van der Waals surface area contributed by atoms with Crippen LogP contribution in [0, 0.1) is 0 Å². The standard InChI is InChI=1S/C18H14F3N5O/c19-18(20,21)14-5-3-12(4-6-14)17(27)25-8-9-26-15(11-25)23-24-16(26)13-2-1-7-22-10-13/h1-7,10H,8-9,11H2. The highest BCUT2D eigenvalue weighted by molar-refractivity contribution is 5.94. The van der Waals surface area contributed by atoms with Crippen LogP contribution in [0.25, 0.3) is 11.4 Å². The van der Waals surface area contributed by atoms with Crippen molar-refractivity contribution in [2.24, 2.45) is 0 Å². The van der Waals surface area contributed by atoms with E-state index in [4.69, 9.17) is 0 Å². The number of fused-ring (bicyclic) bond motifs is 1. The number of carbonyl (C=O) groups excluding carboxylic acids is 1. The van der Waals surface area contributed by atoms with Crippen molar-refractivity contribution in [2.45, 2.75) is 19.3 Å². The van der Waals surface area contributed by atoms with Gasteiger partial charge in [-0.1, -0.05) is 0 Å². The van der Waals surface area contributed by atoms with Crippen molar-refractivity contribution in [2.75, 3.05) is 6.54 Å². The minimum atomic E-state index is -4.42. The molecule has 27 heavy (non-hydrogen) atoms. The predicted molar refractivity (Wildman–Crippen MR) is 89.4 cm³/mol. The van der Waals surface area contributed by atoms with E-state index in [1.165, 1.54) is 12.1 Å². The van der Waals surface area contributed by atoms with Gasteiger partial charge in [0.2, 0.25) is 0 Å². The van der Waals surface area contributed by atoms with Gasteiger partial charge in [-0.25, -0.2) is 0 Å². The molecule has 0 bridgehead atoms. The van der Waals surface area contributed by atoms with E-state index in [1.54, 1.807) is 23.4 Å². The van der Waals surface area contributed by atoms with Gasteiger partial charge in [-0.05, 0) is 36.4 Å². The molecule has 0 spiro atoms. The third-order valence-electron chi connectivity index (χ3n) is 4.42. The Kier molecular flexibility index (Phi) is 4.14. The molecule has 9 heteroatoms. The second-order valence-corrected chi connectivity index (χ2v) is 6.13. The molecule has 1 aliphatic heterocycles. The van der Waals surface area contributed by atoms with Crippen molar-refractivity contribution in [1.82, 2.24) is 24.6 Å². The van der Waals surface area contributed by atoms with Gasteiger partial charge in [0.05, 0.1) is 12.1 Å². The average molecular weight is 373 g/mol. The molecule has 0 fully saturated rings. The minimum Gasteiger partial charge on any atom is -0.329 e. The van der Waals surface area contributed by atoms with Gasteiger partial charge in [-0.3, -0.25) is 9.78 Å². The summed E-state index contributed by atoms with van der Waals surface area (Å²) in [4.78, 5) is 18.3. The summed E-state index contributed by atoms with van der Waals surface area (Å²) in [6.45, 7) is 1.16. The van der Waals surface area contributed by atoms with Crippen LogP contribution in [0.4, 0.5) is 13.2 Å². The number of hydrogen-bond donors (Lipinski definition) is 0. The van der Waals surface area contributed by atoms with Crippen LogP contribution in [0.3, 0.4) is 0 Å². The van der Waals surface area contributed by atoms with Crippen LogP contribution in [0.15, 0.2) is 48.8 Å². The molecule has 0 atom stereocenters. The SMILES string of the molecule is O=C(c1ccc(C(F)(F)F)cc1)N1CCn2c(nnc2-c2cccnc2)C1. The Morgan fingerprint density at radius 1 is 1.04 bits per heavy atom. The largest absolute Gasteiger partial charge is 0.416 e. The fraction of sp³-hybridized carbons (Fsp3) is 0.222. The van der Waals surface area contributed by atoms with Gasteiger partial charge in [-0.15, -0.1) is 10.2 Å². The molecule has 6 nitrogen and oxygen atoms in total. The lowest BCUT2D eigenvalue weighted by Gasteiger charge is -2.28. The molecular formula is C18H14F3N5O. The molecular weight excluding hydrogens is 359 g/mol. The lowest BCUT2D eigenvalue weighted by Crippen LogP contribution is -2.38. The summed E-state index contributed by atoms with van der Waals surface area (Å²) in [5.41, 5.74) is 0.265. The van der Waals surface area contributed by atoms with E-state index in [0.717, 1.165) is 17.7 Å². The van der Waals surface area contributed by atoms with Crippen LogP contribution in [-0.4, -0.2) is 37.1 Å². The number of carbonyl (C=O) groups is 1. The van der Waals surface area contributed by atoms with Crippen LogP contribution >= 0.6 is 0 Å². The molecule has 0 unspecified atom stereocenters. The summed E-state index contributed by atoms with van der Waals surface area (Å²) >= 11 is 0. The summed E-state index contributed by atoms with van der Waals surface area (Å²) in [5, 5.41) is 8.33. The number of nitrogens with zero attached hydrogens (tertiary/aromatic N) is 5. The lowest BCUT2D eigenvalue weighted by atomic mass is 10.1. The fourth-order valence-corrected chi connectivity index (χ4v) is 3.02. The van der Waals surface area contributed by atoms with Gasteiger partial charge in [0, 0.05) is 36.6 Å². The Bertz CT molecular complexity index is 967. The van der Waals surface area contributed by atoms with E-state index in [0.29, 0.717) is 24.7 Å². The number of aromatic nitrogens is 4. The number of rotatable bonds is 2. The molecule has 3 heterocycles. The smallest absolute Gasteiger partial charge is 0.329 e. The van der Waals surface area contributed by atoms with Crippen molar-refractivity contribution >= 4 is 5.91 Å². The Morgan fingerprint density at radius 2 is 1.81 bits per heavy atom.